The number of rotatable bonds is 1. The third-order valence-electron chi connectivity index (χ3n) is 4.74. The Labute approximate surface area is 140 Å². The summed E-state index contributed by atoms with van der Waals surface area (Å²) in [4.78, 5) is 4.49. The topological polar surface area (TPSA) is 31.4 Å². The third kappa shape index (κ3) is 2.62. The summed E-state index contributed by atoms with van der Waals surface area (Å²) in [6, 6.07) is 9.02. The number of hydrogen-bond acceptors (Lipinski definition) is 3. The Bertz CT molecular complexity index is 748. The van der Waals surface area contributed by atoms with Crippen LogP contribution in [0.25, 0.3) is 0 Å². The van der Waals surface area contributed by atoms with Gasteiger partial charge < -0.3 is 9.47 Å². The van der Waals surface area contributed by atoms with E-state index in [4.69, 9.17) is 0 Å². The van der Waals surface area contributed by atoms with Crippen LogP contribution < -0.4 is 9.47 Å². The highest BCUT2D eigenvalue weighted by Gasteiger charge is 2.44. The quantitative estimate of drug-likeness (QED) is 0.708. The van der Waals surface area contributed by atoms with Crippen molar-refractivity contribution in [3.05, 3.63) is 53.3 Å². The fraction of sp³-hybridized carbons (Fsp3) is 0.421. The zero-order chi connectivity index (χ0) is 17.5. The van der Waals surface area contributed by atoms with Crippen molar-refractivity contribution in [2.24, 2.45) is 5.92 Å². The van der Waals surface area contributed by atoms with Gasteiger partial charge in [0, 0.05) is 23.7 Å². The zero-order valence-corrected chi connectivity index (χ0v) is 14.2. The van der Waals surface area contributed by atoms with Crippen LogP contribution in [0.5, 0.6) is 11.5 Å². The average molecular weight is 333 g/mol. The molecule has 2 aromatic rings. The standard InChI is InChI=1S/C17H15F2NO2.C2H6/c1-9-10(2)16-12(4-3-7-20-16)15(9)11-5-6-13-14(8-11)22-17(18,19)21-13;1-2/h3-10,15H,1-2H3;1-2H3. The summed E-state index contributed by atoms with van der Waals surface area (Å²) in [5, 5.41) is 0. The van der Waals surface area contributed by atoms with Crippen LogP contribution in [-0.2, 0) is 0 Å². The van der Waals surface area contributed by atoms with E-state index in [2.05, 4.69) is 34.4 Å². The Kier molecular flexibility index (Phi) is 4.20. The van der Waals surface area contributed by atoms with E-state index < -0.39 is 6.29 Å². The van der Waals surface area contributed by atoms with Crippen molar-refractivity contribution in [1.82, 2.24) is 4.98 Å². The molecule has 3 unspecified atom stereocenters. The minimum Gasteiger partial charge on any atom is -0.395 e. The first-order valence-electron chi connectivity index (χ1n) is 8.31. The summed E-state index contributed by atoms with van der Waals surface area (Å²) in [7, 11) is 0. The van der Waals surface area contributed by atoms with E-state index in [0.717, 1.165) is 16.8 Å². The number of aromatic nitrogens is 1. The molecule has 0 bridgehead atoms. The van der Waals surface area contributed by atoms with Crippen molar-refractivity contribution in [1.29, 1.82) is 0 Å². The van der Waals surface area contributed by atoms with E-state index in [1.807, 2.05) is 26.0 Å². The lowest BCUT2D eigenvalue weighted by Crippen LogP contribution is -2.25. The summed E-state index contributed by atoms with van der Waals surface area (Å²) < 4.78 is 35.4. The lowest BCUT2D eigenvalue weighted by Gasteiger charge is -2.19. The fourth-order valence-electron chi connectivity index (χ4n) is 3.54. The summed E-state index contributed by atoms with van der Waals surface area (Å²) >= 11 is 0. The van der Waals surface area contributed by atoms with Gasteiger partial charge in [0.2, 0.25) is 0 Å². The minimum atomic E-state index is -3.57. The van der Waals surface area contributed by atoms with Gasteiger partial charge in [0.15, 0.2) is 11.5 Å². The normalized spacial score (nSPS) is 25.7. The molecule has 0 spiro atoms. The van der Waals surface area contributed by atoms with Crippen LogP contribution in [0.3, 0.4) is 0 Å². The molecule has 2 heterocycles. The first-order chi connectivity index (χ1) is 11.5. The van der Waals surface area contributed by atoms with Gasteiger partial charge >= 0.3 is 6.29 Å². The molecule has 1 aromatic carbocycles. The van der Waals surface area contributed by atoms with Crippen molar-refractivity contribution in [3.63, 3.8) is 0 Å². The number of benzene rings is 1. The van der Waals surface area contributed by atoms with Crippen LogP contribution in [-0.4, -0.2) is 11.3 Å². The third-order valence-corrected chi connectivity index (χ3v) is 4.74. The molecule has 3 nitrogen and oxygen atoms in total. The first-order valence-corrected chi connectivity index (χ1v) is 8.31. The number of halogens is 2. The van der Waals surface area contributed by atoms with Gasteiger partial charge in [-0.25, -0.2) is 0 Å². The molecule has 5 heteroatoms. The Morgan fingerprint density at radius 3 is 2.50 bits per heavy atom. The Morgan fingerprint density at radius 2 is 1.75 bits per heavy atom. The molecule has 1 aromatic heterocycles. The maximum Gasteiger partial charge on any atom is 0.586 e. The lowest BCUT2D eigenvalue weighted by atomic mass is 9.84. The van der Waals surface area contributed by atoms with Gasteiger partial charge in [0.25, 0.3) is 0 Å². The van der Waals surface area contributed by atoms with E-state index in [1.54, 1.807) is 18.3 Å². The fourth-order valence-corrected chi connectivity index (χ4v) is 3.54. The van der Waals surface area contributed by atoms with Gasteiger partial charge in [-0.2, -0.15) is 0 Å². The summed E-state index contributed by atoms with van der Waals surface area (Å²) in [5.74, 6) is 0.971. The van der Waals surface area contributed by atoms with Gasteiger partial charge in [-0.3, -0.25) is 4.98 Å². The van der Waals surface area contributed by atoms with Crippen molar-refractivity contribution in [2.45, 2.75) is 45.8 Å². The van der Waals surface area contributed by atoms with Gasteiger partial charge in [0.1, 0.15) is 0 Å². The second-order valence-electron chi connectivity index (χ2n) is 5.98. The molecule has 0 fully saturated rings. The molecule has 24 heavy (non-hydrogen) atoms. The largest absolute Gasteiger partial charge is 0.586 e. The van der Waals surface area contributed by atoms with Crippen LogP contribution in [0.15, 0.2) is 36.5 Å². The predicted octanol–water partition coefficient (Wildman–Crippen LogP) is 5.31. The summed E-state index contributed by atoms with van der Waals surface area (Å²) in [6.45, 7) is 8.31. The van der Waals surface area contributed by atoms with Gasteiger partial charge in [-0.15, -0.1) is 8.78 Å². The Balaban J connectivity index is 0.000000815. The average Bonchev–Trinajstić information content (AvgIpc) is 3.02. The molecule has 0 radical (unpaired) electrons. The molecule has 1 aliphatic carbocycles. The van der Waals surface area contributed by atoms with Crippen molar-refractivity contribution in [3.8, 4) is 11.5 Å². The summed E-state index contributed by atoms with van der Waals surface area (Å²) in [6.07, 6.45) is -1.78. The smallest absolute Gasteiger partial charge is 0.395 e. The highest BCUT2D eigenvalue weighted by Crippen LogP contribution is 2.50. The van der Waals surface area contributed by atoms with Crippen LogP contribution >= 0.6 is 0 Å². The number of nitrogens with zero attached hydrogens (tertiary/aromatic N) is 1. The van der Waals surface area contributed by atoms with Crippen LogP contribution in [0.2, 0.25) is 0 Å². The number of pyridine rings is 1. The highest BCUT2D eigenvalue weighted by atomic mass is 19.3. The molecule has 0 amide bonds. The Hall–Kier alpha value is -2.17. The molecule has 0 N–H and O–H groups in total. The molecule has 0 saturated carbocycles. The minimum absolute atomic E-state index is 0.0823. The summed E-state index contributed by atoms with van der Waals surface area (Å²) in [5.41, 5.74) is 3.20. The molecular formula is C19H21F2NO2. The zero-order valence-electron chi connectivity index (χ0n) is 14.2. The Morgan fingerprint density at radius 1 is 1.04 bits per heavy atom. The van der Waals surface area contributed by atoms with E-state index in [9.17, 15) is 8.78 Å². The van der Waals surface area contributed by atoms with E-state index in [1.165, 1.54) is 0 Å². The number of alkyl halides is 2. The van der Waals surface area contributed by atoms with Crippen molar-refractivity contribution < 1.29 is 18.3 Å². The van der Waals surface area contributed by atoms with Crippen molar-refractivity contribution >= 4 is 0 Å². The van der Waals surface area contributed by atoms with Gasteiger partial charge in [-0.1, -0.05) is 39.8 Å². The molecule has 0 saturated heterocycles. The van der Waals surface area contributed by atoms with E-state index in [-0.39, 0.29) is 17.4 Å². The van der Waals surface area contributed by atoms with E-state index in [0.29, 0.717) is 11.8 Å². The number of ether oxygens (including phenoxy) is 2. The van der Waals surface area contributed by atoms with E-state index >= 15 is 0 Å². The maximum atomic E-state index is 13.2. The number of fused-ring (bicyclic) bond motifs is 2. The van der Waals surface area contributed by atoms with Crippen LogP contribution in [0.4, 0.5) is 8.78 Å². The number of hydrogen-bond donors (Lipinski definition) is 0. The first kappa shape index (κ1) is 16.7. The predicted molar refractivity (Wildman–Crippen MR) is 87.7 cm³/mol. The molecule has 4 rings (SSSR count). The van der Waals surface area contributed by atoms with Gasteiger partial charge in [0.05, 0.1) is 0 Å². The molecular weight excluding hydrogens is 312 g/mol. The SMILES string of the molecule is CC.CC1c2ncccc2C(c2ccc3c(c2)OC(F)(F)O3)C1C. The van der Waals surface area contributed by atoms with Crippen LogP contribution in [0.1, 0.15) is 56.4 Å². The molecule has 2 aliphatic rings. The van der Waals surface area contributed by atoms with Crippen molar-refractivity contribution in [2.75, 3.05) is 0 Å². The highest BCUT2D eigenvalue weighted by molar-refractivity contribution is 5.50. The van der Waals surface area contributed by atoms with Crippen LogP contribution in [0, 0.1) is 5.92 Å². The maximum absolute atomic E-state index is 13.2. The molecule has 1 aliphatic heterocycles. The monoisotopic (exact) mass is 333 g/mol. The molecule has 3 atom stereocenters. The second kappa shape index (κ2) is 6.04. The molecule has 128 valence electrons. The van der Waals surface area contributed by atoms with Gasteiger partial charge in [-0.05, 0) is 35.2 Å². The lowest BCUT2D eigenvalue weighted by molar-refractivity contribution is -0.286. The second-order valence-corrected chi connectivity index (χ2v) is 5.98.